The first-order chi connectivity index (χ1) is 9.08. The summed E-state index contributed by atoms with van der Waals surface area (Å²) < 4.78 is 7.51. The molecule has 4 heteroatoms. The predicted molar refractivity (Wildman–Crippen MR) is 76.1 cm³/mol. The summed E-state index contributed by atoms with van der Waals surface area (Å²) in [6.45, 7) is 5.01. The molecule has 1 aromatic heterocycles. The third-order valence-electron chi connectivity index (χ3n) is 3.39. The van der Waals surface area contributed by atoms with Gasteiger partial charge >= 0.3 is 0 Å². The Hall–Kier alpha value is -1.81. The lowest BCUT2D eigenvalue weighted by atomic mass is 9.88. The van der Waals surface area contributed by atoms with E-state index in [1.807, 2.05) is 43.6 Å². The van der Waals surface area contributed by atoms with Crippen LogP contribution in [0.2, 0.25) is 0 Å². The number of aromatic nitrogens is 2. The monoisotopic (exact) mass is 259 g/mol. The van der Waals surface area contributed by atoms with Gasteiger partial charge in [-0.25, -0.2) is 4.98 Å². The molecule has 0 fully saturated rings. The van der Waals surface area contributed by atoms with E-state index in [-0.39, 0.29) is 0 Å². The van der Waals surface area contributed by atoms with Gasteiger partial charge < -0.3 is 15.0 Å². The minimum atomic E-state index is -0.509. The van der Waals surface area contributed by atoms with Gasteiger partial charge in [-0.05, 0) is 19.9 Å². The van der Waals surface area contributed by atoms with Crippen LogP contribution in [0.5, 0.6) is 5.75 Å². The fourth-order valence-corrected chi connectivity index (χ4v) is 2.34. The molecule has 0 saturated carbocycles. The number of rotatable bonds is 5. The Balaban J connectivity index is 2.32. The van der Waals surface area contributed by atoms with Crippen molar-refractivity contribution in [3.05, 3.63) is 48.0 Å². The van der Waals surface area contributed by atoms with Crippen LogP contribution < -0.4 is 10.5 Å². The highest BCUT2D eigenvalue weighted by Crippen LogP contribution is 2.30. The molecule has 2 aromatic rings. The number of nitrogens with two attached hydrogens (primary N) is 1. The molecule has 0 saturated heterocycles. The van der Waals surface area contributed by atoms with Gasteiger partial charge in [-0.3, -0.25) is 0 Å². The van der Waals surface area contributed by atoms with Crippen LogP contribution in [0.4, 0.5) is 0 Å². The molecular weight excluding hydrogens is 238 g/mol. The lowest BCUT2D eigenvalue weighted by Crippen LogP contribution is -2.36. The number of methoxy groups -OCH3 is 1. The molecule has 0 aliphatic carbocycles. The highest BCUT2D eigenvalue weighted by atomic mass is 16.5. The molecule has 4 nitrogen and oxygen atoms in total. The topological polar surface area (TPSA) is 53.1 Å². The summed E-state index contributed by atoms with van der Waals surface area (Å²) in [5.74, 6) is 1.82. The fraction of sp³-hybridized carbons (Fsp3) is 0.400. The van der Waals surface area contributed by atoms with Gasteiger partial charge in [0.1, 0.15) is 11.6 Å². The lowest BCUT2D eigenvalue weighted by Gasteiger charge is -2.27. The van der Waals surface area contributed by atoms with Crippen molar-refractivity contribution < 1.29 is 4.74 Å². The van der Waals surface area contributed by atoms with E-state index in [0.717, 1.165) is 23.7 Å². The maximum absolute atomic E-state index is 6.50. The number of benzene rings is 1. The van der Waals surface area contributed by atoms with Crippen molar-refractivity contribution in [1.29, 1.82) is 0 Å². The van der Waals surface area contributed by atoms with E-state index in [9.17, 15) is 0 Å². The molecule has 1 heterocycles. The number of hydrogen-bond donors (Lipinski definition) is 1. The summed E-state index contributed by atoms with van der Waals surface area (Å²) in [5, 5.41) is 0. The molecule has 1 atom stereocenters. The Kier molecular flexibility index (Phi) is 3.90. The molecule has 102 valence electrons. The van der Waals surface area contributed by atoms with Crippen LogP contribution in [0.15, 0.2) is 36.7 Å². The van der Waals surface area contributed by atoms with E-state index in [1.54, 1.807) is 7.11 Å². The molecule has 0 amide bonds. The number of nitrogens with zero attached hydrogens (tertiary/aromatic N) is 2. The standard InChI is InChI=1S/C15H21N3O/c1-4-18-10-9-17-14(18)11-15(2,16)12-7-5-6-8-13(12)19-3/h5-10H,4,11,16H2,1-3H3. The summed E-state index contributed by atoms with van der Waals surface area (Å²) >= 11 is 0. The van der Waals surface area contributed by atoms with Gasteiger partial charge in [0, 0.05) is 36.5 Å². The van der Waals surface area contributed by atoms with Crippen molar-refractivity contribution in [3.63, 3.8) is 0 Å². The first-order valence-corrected chi connectivity index (χ1v) is 6.51. The van der Waals surface area contributed by atoms with E-state index in [1.165, 1.54) is 0 Å². The molecule has 2 rings (SSSR count). The zero-order valence-corrected chi connectivity index (χ0v) is 11.8. The minimum Gasteiger partial charge on any atom is -0.496 e. The summed E-state index contributed by atoms with van der Waals surface area (Å²) in [6.07, 6.45) is 4.47. The second-order valence-corrected chi connectivity index (χ2v) is 4.92. The van der Waals surface area contributed by atoms with Gasteiger partial charge in [-0.15, -0.1) is 0 Å². The zero-order valence-electron chi connectivity index (χ0n) is 11.8. The van der Waals surface area contributed by atoms with Crippen LogP contribution in [0.3, 0.4) is 0 Å². The summed E-state index contributed by atoms with van der Waals surface area (Å²) in [5.41, 5.74) is 6.99. The zero-order chi connectivity index (χ0) is 13.9. The van der Waals surface area contributed by atoms with Gasteiger partial charge in [0.2, 0.25) is 0 Å². The molecule has 0 aliphatic rings. The van der Waals surface area contributed by atoms with Crippen molar-refractivity contribution in [1.82, 2.24) is 9.55 Å². The Labute approximate surface area is 114 Å². The van der Waals surface area contributed by atoms with Crippen LogP contribution in [0.1, 0.15) is 25.2 Å². The van der Waals surface area contributed by atoms with Crippen LogP contribution in [0, 0.1) is 0 Å². The van der Waals surface area contributed by atoms with Crippen LogP contribution in [0.25, 0.3) is 0 Å². The minimum absolute atomic E-state index is 0.509. The van der Waals surface area contributed by atoms with Crippen molar-refractivity contribution in [2.24, 2.45) is 5.73 Å². The van der Waals surface area contributed by atoms with Crippen molar-refractivity contribution in [3.8, 4) is 5.75 Å². The second kappa shape index (κ2) is 5.45. The molecule has 0 spiro atoms. The highest BCUT2D eigenvalue weighted by Gasteiger charge is 2.26. The van der Waals surface area contributed by atoms with Gasteiger partial charge in [-0.2, -0.15) is 0 Å². The van der Waals surface area contributed by atoms with E-state index in [4.69, 9.17) is 10.5 Å². The molecular formula is C15H21N3O. The van der Waals surface area contributed by atoms with Gasteiger partial charge in [-0.1, -0.05) is 18.2 Å². The summed E-state index contributed by atoms with van der Waals surface area (Å²) in [7, 11) is 1.67. The smallest absolute Gasteiger partial charge is 0.123 e. The largest absolute Gasteiger partial charge is 0.496 e. The average molecular weight is 259 g/mol. The molecule has 1 aromatic carbocycles. The molecule has 2 N–H and O–H groups in total. The Morgan fingerprint density at radius 2 is 2.11 bits per heavy atom. The number of hydrogen-bond acceptors (Lipinski definition) is 3. The molecule has 19 heavy (non-hydrogen) atoms. The second-order valence-electron chi connectivity index (χ2n) is 4.92. The van der Waals surface area contributed by atoms with Gasteiger partial charge in [0.05, 0.1) is 7.11 Å². The third kappa shape index (κ3) is 2.79. The normalized spacial score (nSPS) is 14.1. The van der Waals surface area contributed by atoms with Crippen molar-refractivity contribution in [2.75, 3.05) is 7.11 Å². The molecule has 1 unspecified atom stereocenters. The van der Waals surface area contributed by atoms with E-state index in [2.05, 4.69) is 16.5 Å². The summed E-state index contributed by atoms with van der Waals surface area (Å²) in [6, 6.07) is 7.88. The predicted octanol–water partition coefficient (Wildman–Crippen LogP) is 2.33. The van der Waals surface area contributed by atoms with Gasteiger partial charge in [0.15, 0.2) is 0 Å². The number of ether oxygens (including phenoxy) is 1. The van der Waals surface area contributed by atoms with E-state index in [0.29, 0.717) is 6.42 Å². The Bertz CT molecular complexity index is 546. The van der Waals surface area contributed by atoms with Crippen molar-refractivity contribution >= 4 is 0 Å². The maximum Gasteiger partial charge on any atom is 0.123 e. The fourth-order valence-electron chi connectivity index (χ4n) is 2.34. The molecule has 0 radical (unpaired) electrons. The number of imidazole rings is 1. The van der Waals surface area contributed by atoms with Crippen molar-refractivity contribution in [2.45, 2.75) is 32.4 Å². The molecule has 0 bridgehead atoms. The lowest BCUT2D eigenvalue weighted by molar-refractivity contribution is 0.382. The first kappa shape index (κ1) is 13.6. The van der Waals surface area contributed by atoms with E-state index < -0.39 is 5.54 Å². The highest BCUT2D eigenvalue weighted by molar-refractivity contribution is 5.39. The number of para-hydroxylation sites is 1. The number of aryl methyl sites for hydroxylation is 1. The summed E-state index contributed by atoms with van der Waals surface area (Å²) in [4.78, 5) is 4.40. The quantitative estimate of drug-likeness (QED) is 0.896. The third-order valence-corrected chi connectivity index (χ3v) is 3.39. The maximum atomic E-state index is 6.50. The van der Waals surface area contributed by atoms with Crippen LogP contribution in [-0.4, -0.2) is 16.7 Å². The molecule has 0 aliphatic heterocycles. The van der Waals surface area contributed by atoms with Gasteiger partial charge in [0.25, 0.3) is 0 Å². The SMILES string of the molecule is CCn1ccnc1CC(C)(N)c1ccccc1OC. The average Bonchev–Trinajstić information content (AvgIpc) is 2.85. The first-order valence-electron chi connectivity index (χ1n) is 6.51. The van der Waals surface area contributed by atoms with E-state index >= 15 is 0 Å². The Morgan fingerprint density at radius 1 is 1.37 bits per heavy atom. The Morgan fingerprint density at radius 3 is 2.79 bits per heavy atom. The van der Waals surface area contributed by atoms with Crippen LogP contribution >= 0.6 is 0 Å². The van der Waals surface area contributed by atoms with Crippen LogP contribution in [-0.2, 0) is 18.5 Å².